The van der Waals surface area contributed by atoms with Gasteiger partial charge in [-0.2, -0.15) is 0 Å². The van der Waals surface area contributed by atoms with E-state index in [0.29, 0.717) is 27.5 Å². The number of hydrogen-bond donors (Lipinski definition) is 0. The number of ether oxygens (including phenoxy) is 1. The first kappa shape index (κ1) is 24.3. The SMILES string of the molecule is Cc1ccc(Cl)c2sc(N(CCCn3ccnc3)C(=O)COc3ccc(Cl)cc3)nc12.Cl. The second-order valence-corrected chi connectivity index (χ2v) is 8.80. The number of carbonyl (C=O) groups excluding carboxylic acids is 1. The summed E-state index contributed by atoms with van der Waals surface area (Å²) in [7, 11) is 0. The zero-order valence-corrected chi connectivity index (χ0v) is 20.3. The van der Waals surface area contributed by atoms with Gasteiger partial charge in [0, 0.05) is 30.5 Å². The highest BCUT2D eigenvalue weighted by molar-refractivity contribution is 7.23. The van der Waals surface area contributed by atoms with Crippen LogP contribution in [0.25, 0.3) is 10.2 Å². The summed E-state index contributed by atoms with van der Waals surface area (Å²) in [6, 6.07) is 10.7. The summed E-state index contributed by atoms with van der Waals surface area (Å²) >= 11 is 13.7. The fourth-order valence-electron chi connectivity index (χ4n) is 3.12. The third-order valence-electron chi connectivity index (χ3n) is 4.75. The van der Waals surface area contributed by atoms with Crippen LogP contribution in [0.5, 0.6) is 5.75 Å². The first-order valence-electron chi connectivity index (χ1n) is 9.71. The molecule has 0 spiro atoms. The Morgan fingerprint density at radius 2 is 1.97 bits per heavy atom. The second-order valence-electron chi connectivity index (χ2n) is 6.98. The van der Waals surface area contributed by atoms with Gasteiger partial charge in [-0.3, -0.25) is 9.69 Å². The summed E-state index contributed by atoms with van der Waals surface area (Å²) in [6.45, 7) is 3.12. The predicted molar refractivity (Wildman–Crippen MR) is 133 cm³/mol. The predicted octanol–water partition coefficient (Wildman–Crippen LogP) is 6.03. The highest BCUT2D eigenvalue weighted by Crippen LogP contribution is 2.35. The smallest absolute Gasteiger partial charge is 0.266 e. The Morgan fingerprint density at radius 1 is 1.19 bits per heavy atom. The lowest BCUT2D eigenvalue weighted by Gasteiger charge is -2.20. The molecule has 6 nitrogen and oxygen atoms in total. The molecule has 0 radical (unpaired) electrons. The average Bonchev–Trinajstić information content (AvgIpc) is 3.44. The molecule has 32 heavy (non-hydrogen) atoms. The number of hydrogen-bond acceptors (Lipinski definition) is 5. The van der Waals surface area contributed by atoms with Crippen LogP contribution in [-0.4, -0.2) is 33.6 Å². The van der Waals surface area contributed by atoms with Crippen LogP contribution in [0.1, 0.15) is 12.0 Å². The number of anilines is 1. The highest BCUT2D eigenvalue weighted by atomic mass is 35.5. The topological polar surface area (TPSA) is 60.2 Å². The molecule has 10 heteroatoms. The summed E-state index contributed by atoms with van der Waals surface area (Å²) in [5.41, 5.74) is 1.84. The fourth-order valence-corrected chi connectivity index (χ4v) is 4.60. The van der Waals surface area contributed by atoms with E-state index in [1.165, 1.54) is 11.3 Å². The van der Waals surface area contributed by atoms with Crippen molar-refractivity contribution < 1.29 is 9.53 Å². The zero-order chi connectivity index (χ0) is 21.8. The van der Waals surface area contributed by atoms with Gasteiger partial charge in [0.15, 0.2) is 11.7 Å². The molecule has 0 atom stereocenters. The van der Waals surface area contributed by atoms with Gasteiger partial charge in [0.1, 0.15) is 5.75 Å². The Morgan fingerprint density at radius 3 is 2.66 bits per heavy atom. The number of aromatic nitrogens is 3. The molecule has 2 heterocycles. The van der Waals surface area contributed by atoms with Crippen molar-refractivity contribution in [2.45, 2.75) is 19.9 Å². The van der Waals surface area contributed by atoms with Crippen LogP contribution in [-0.2, 0) is 11.3 Å². The molecule has 0 saturated carbocycles. The normalized spacial score (nSPS) is 10.7. The number of benzene rings is 2. The lowest BCUT2D eigenvalue weighted by Crippen LogP contribution is -2.36. The Kier molecular flexibility index (Phi) is 8.37. The zero-order valence-electron chi connectivity index (χ0n) is 17.2. The molecular formula is C22H21Cl3N4O2S. The largest absolute Gasteiger partial charge is 0.484 e. The number of carbonyl (C=O) groups is 1. The van der Waals surface area contributed by atoms with Crippen molar-refractivity contribution in [3.63, 3.8) is 0 Å². The number of fused-ring (bicyclic) bond motifs is 1. The fraction of sp³-hybridized carbons (Fsp3) is 0.227. The number of amides is 1. The monoisotopic (exact) mass is 510 g/mol. The third-order valence-corrected chi connectivity index (χ3v) is 6.54. The highest BCUT2D eigenvalue weighted by Gasteiger charge is 2.21. The molecule has 0 N–H and O–H groups in total. The number of aryl methyl sites for hydroxylation is 2. The van der Waals surface area contributed by atoms with Gasteiger partial charge in [-0.15, -0.1) is 12.4 Å². The quantitative estimate of drug-likeness (QED) is 0.290. The van der Waals surface area contributed by atoms with Crippen LogP contribution >= 0.6 is 46.9 Å². The second kappa shape index (κ2) is 11.0. The van der Waals surface area contributed by atoms with Crippen LogP contribution < -0.4 is 9.64 Å². The van der Waals surface area contributed by atoms with Crippen molar-refractivity contribution in [3.05, 3.63) is 70.7 Å². The van der Waals surface area contributed by atoms with Gasteiger partial charge >= 0.3 is 0 Å². The van der Waals surface area contributed by atoms with Crippen molar-refractivity contribution in [1.82, 2.24) is 14.5 Å². The minimum atomic E-state index is -0.173. The number of imidazole rings is 1. The van der Waals surface area contributed by atoms with Gasteiger partial charge in [-0.1, -0.05) is 40.6 Å². The standard InChI is InChI=1S/C22H20Cl2N4O2S.ClH/c1-15-3-8-18(24)21-20(15)26-22(31-21)28(11-2-10-27-12-9-25-14-27)19(29)13-30-17-6-4-16(23)5-7-17;/h3-9,12,14H,2,10-11,13H2,1H3;1H. The van der Waals surface area contributed by atoms with Gasteiger partial charge < -0.3 is 9.30 Å². The molecule has 2 aromatic heterocycles. The van der Waals surface area contributed by atoms with Gasteiger partial charge in [0.25, 0.3) is 5.91 Å². The van der Waals surface area contributed by atoms with E-state index in [1.807, 2.05) is 29.8 Å². The van der Waals surface area contributed by atoms with Crippen LogP contribution in [0.2, 0.25) is 10.0 Å². The maximum Gasteiger partial charge on any atom is 0.266 e. The third kappa shape index (κ3) is 5.72. The van der Waals surface area contributed by atoms with E-state index in [-0.39, 0.29) is 24.9 Å². The van der Waals surface area contributed by atoms with Crippen molar-refractivity contribution >= 4 is 68.2 Å². The van der Waals surface area contributed by atoms with Gasteiger partial charge in [0.05, 0.1) is 21.6 Å². The van der Waals surface area contributed by atoms with E-state index >= 15 is 0 Å². The van der Waals surface area contributed by atoms with Crippen LogP contribution in [0.15, 0.2) is 55.1 Å². The van der Waals surface area contributed by atoms with Gasteiger partial charge in [-0.25, -0.2) is 9.97 Å². The van der Waals surface area contributed by atoms with Crippen molar-refractivity contribution in [2.75, 3.05) is 18.1 Å². The molecule has 0 aliphatic rings. The minimum absolute atomic E-state index is 0. The lowest BCUT2D eigenvalue weighted by molar-refractivity contribution is -0.120. The summed E-state index contributed by atoms with van der Waals surface area (Å²) in [5.74, 6) is 0.410. The van der Waals surface area contributed by atoms with Crippen molar-refractivity contribution in [3.8, 4) is 5.75 Å². The molecule has 4 aromatic rings. The van der Waals surface area contributed by atoms with E-state index in [4.69, 9.17) is 32.9 Å². The average molecular weight is 512 g/mol. The van der Waals surface area contributed by atoms with E-state index in [0.717, 1.165) is 28.7 Å². The molecule has 4 rings (SSSR count). The van der Waals surface area contributed by atoms with Crippen LogP contribution in [0.4, 0.5) is 5.13 Å². The van der Waals surface area contributed by atoms with Crippen LogP contribution in [0.3, 0.4) is 0 Å². The summed E-state index contributed by atoms with van der Waals surface area (Å²) in [5, 5.41) is 1.86. The van der Waals surface area contributed by atoms with E-state index < -0.39 is 0 Å². The lowest BCUT2D eigenvalue weighted by atomic mass is 10.2. The Bertz CT molecular complexity index is 1140. The van der Waals surface area contributed by atoms with E-state index in [2.05, 4.69) is 4.98 Å². The molecular weight excluding hydrogens is 491 g/mol. The number of rotatable bonds is 8. The maximum absolute atomic E-state index is 13.1. The molecule has 2 aromatic carbocycles. The van der Waals surface area contributed by atoms with Crippen LogP contribution in [0, 0.1) is 6.92 Å². The molecule has 1 amide bonds. The van der Waals surface area contributed by atoms with Crippen molar-refractivity contribution in [2.24, 2.45) is 0 Å². The molecule has 0 aliphatic heterocycles. The molecule has 0 saturated heterocycles. The first-order chi connectivity index (χ1) is 15.0. The molecule has 0 fully saturated rings. The van der Waals surface area contributed by atoms with E-state index in [1.54, 1.807) is 41.7 Å². The Hall–Kier alpha value is -2.32. The molecule has 0 unspecified atom stereocenters. The number of nitrogens with zero attached hydrogens (tertiary/aromatic N) is 4. The van der Waals surface area contributed by atoms with E-state index in [9.17, 15) is 4.79 Å². The maximum atomic E-state index is 13.1. The number of thiazole rings is 1. The Balaban J connectivity index is 0.00000289. The van der Waals surface area contributed by atoms with Gasteiger partial charge in [-0.05, 0) is 49.2 Å². The number of halogens is 3. The summed E-state index contributed by atoms with van der Waals surface area (Å²) in [4.78, 5) is 23.6. The molecule has 168 valence electrons. The first-order valence-corrected chi connectivity index (χ1v) is 11.3. The molecule has 0 aliphatic carbocycles. The van der Waals surface area contributed by atoms with Gasteiger partial charge in [0.2, 0.25) is 0 Å². The minimum Gasteiger partial charge on any atom is -0.484 e. The molecule has 0 bridgehead atoms. The summed E-state index contributed by atoms with van der Waals surface area (Å²) < 4.78 is 8.54. The van der Waals surface area contributed by atoms with Crippen molar-refractivity contribution in [1.29, 1.82) is 0 Å². The Labute approximate surface area is 206 Å². The summed E-state index contributed by atoms with van der Waals surface area (Å²) in [6.07, 6.45) is 6.14.